The van der Waals surface area contributed by atoms with Crippen LogP contribution in [-0.2, 0) is 14.2 Å². The normalized spacial score (nSPS) is 30.4. The number of nitrogens with zero attached hydrogens (tertiary/aromatic N) is 1. The molecule has 0 aliphatic carbocycles. The molecule has 3 atom stereocenters. The smallest absolute Gasteiger partial charge is 0.163 e. The van der Waals surface area contributed by atoms with Crippen LogP contribution in [0, 0.1) is 0 Å². The third kappa shape index (κ3) is 2.94. The quantitative estimate of drug-likeness (QED) is 0.780. The SMILES string of the molecule is CC1(C)OC[C@H]2O[C@H](Sc3nc4ccccc4s3)C=C[C@@H]2O1. The van der Waals surface area contributed by atoms with Gasteiger partial charge in [-0.3, -0.25) is 0 Å². The first-order valence-electron chi connectivity index (χ1n) is 7.27. The summed E-state index contributed by atoms with van der Waals surface area (Å²) < 4.78 is 19.8. The van der Waals surface area contributed by atoms with Gasteiger partial charge in [-0.1, -0.05) is 30.0 Å². The molecular formula is C16H17NO3S2. The molecule has 0 N–H and O–H groups in total. The fourth-order valence-electron chi connectivity index (χ4n) is 2.58. The van der Waals surface area contributed by atoms with Crippen LogP contribution in [-0.4, -0.2) is 35.0 Å². The molecule has 3 heterocycles. The molecule has 0 amide bonds. The number of rotatable bonds is 2. The minimum atomic E-state index is -0.540. The van der Waals surface area contributed by atoms with Crippen LogP contribution in [0.2, 0.25) is 0 Å². The van der Waals surface area contributed by atoms with E-state index in [2.05, 4.69) is 23.2 Å². The van der Waals surface area contributed by atoms with Crippen LogP contribution in [0.3, 0.4) is 0 Å². The maximum absolute atomic E-state index is 6.08. The third-order valence-electron chi connectivity index (χ3n) is 3.64. The third-order valence-corrected chi connectivity index (χ3v) is 5.80. The van der Waals surface area contributed by atoms with Crippen LogP contribution >= 0.6 is 23.1 Å². The zero-order chi connectivity index (χ0) is 15.2. The number of hydrogen-bond acceptors (Lipinski definition) is 6. The van der Waals surface area contributed by atoms with Crippen LogP contribution in [0.5, 0.6) is 0 Å². The number of benzene rings is 1. The summed E-state index contributed by atoms with van der Waals surface area (Å²) in [6, 6.07) is 8.18. The molecule has 4 nitrogen and oxygen atoms in total. The Labute approximate surface area is 137 Å². The lowest BCUT2D eigenvalue weighted by Crippen LogP contribution is -2.51. The maximum atomic E-state index is 6.08. The van der Waals surface area contributed by atoms with Gasteiger partial charge in [-0.15, -0.1) is 11.3 Å². The van der Waals surface area contributed by atoms with Crippen molar-refractivity contribution in [1.29, 1.82) is 0 Å². The molecule has 1 aromatic heterocycles. The summed E-state index contributed by atoms with van der Waals surface area (Å²) in [5.74, 6) is -0.540. The highest BCUT2D eigenvalue weighted by Gasteiger charge is 2.39. The van der Waals surface area contributed by atoms with Crippen LogP contribution in [0.1, 0.15) is 13.8 Å². The van der Waals surface area contributed by atoms with Crippen molar-refractivity contribution in [3.05, 3.63) is 36.4 Å². The van der Waals surface area contributed by atoms with Gasteiger partial charge < -0.3 is 14.2 Å². The second-order valence-corrected chi connectivity index (χ2v) is 8.16. The van der Waals surface area contributed by atoms with E-state index in [0.29, 0.717) is 6.61 Å². The number of thiazole rings is 1. The van der Waals surface area contributed by atoms with Crippen molar-refractivity contribution in [3.8, 4) is 0 Å². The summed E-state index contributed by atoms with van der Waals surface area (Å²) in [5, 5.41) is 0. The minimum absolute atomic E-state index is 0.0315. The zero-order valence-corrected chi connectivity index (χ0v) is 14.0. The minimum Gasteiger partial charge on any atom is -0.354 e. The molecule has 1 fully saturated rings. The maximum Gasteiger partial charge on any atom is 0.163 e. The standard InChI is InChI=1S/C16H17NO3S2/c1-16(2)18-9-12-11(20-16)7-8-14(19-12)22-15-17-10-5-3-4-6-13(10)21-15/h3-8,11-12,14H,9H2,1-2H3/t11-,12+,14+/m0/s1. The van der Waals surface area contributed by atoms with Gasteiger partial charge in [0.05, 0.1) is 16.8 Å². The van der Waals surface area contributed by atoms with E-state index in [4.69, 9.17) is 14.2 Å². The summed E-state index contributed by atoms with van der Waals surface area (Å²) in [4.78, 5) is 4.64. The topological polar surface area (TPSA) is 40.6 Å². The van der Waals surface area contributed by atoms with E-state index >= 15 is 0 Å². The first kappa shape index (κ1) is 14.7. The van der Waals surface area contributed by atoms with Gasteiger partial charge in [-0.2, -0.15) is 0 Å². The van der Waals surface area contributed by atoms with E-state index < -0.39 is 5.79 Å². The molecule has 4 rings (SSSR count). The average molecular weight is 335 g/mol. The molecule has 2 aromatic rings. The summed E-state index contributed by atoms with van der Waals surface area (Å²) in [7, 11) is 0. The number of thioether (sulfide) groups is 1. The molecule has 0 bridgehead atoms. The number of fused-ring (bicyclic) bond motifs is 2. The summed E-state index contributed by atoms with van der Waals surface area (Å²) in [6.07, 6.45) is 4.06. The molecule has 2 aliphatic heterocycles. The first-order chi connectivity index (χ1) is 10.6. The van der Waals surface area contributed by atoms with Gasteiger partial charge in [0, 0.05) is 0 Å². The molecule has 2 aliphatic rings. The lowest BCUT2D eigenvalue weighted by molar-refractivity contribution is -0.302. The van der Waals surface area contributed by atoms with E-state index in [1.165, 1.54) is 4.70 Å². The predicted octanol–water partition coefficient (Wildman–Crippen LogP) is 3.82. The Balaban J connectivity index is 1.48. The molecule has 22 heavy (non-hydrogen) atoms. The van der Waals surface area contributed by atoms with Crippen molar-refractivity contribution in [2.75, 3.05) is 6.61 Å². The Kier molecular flexibility index (Phi) is 3.74. The van der Waals surface area contributed by atoms with E-state index in [1.807, 2.05) is 32.0 Å². The number of para-hydroxylation sites is 1. The van der Waals surface area contributed by atoms with Gasteiger partial charge in [0.1, 0.15) is 17.6 Å². The molecule has 1 saturated heterocycles. The fourth-order valence-corrected chi connectivity index (χ4v) is 4.74. The van der Waals surface area contributed by atoms with Crippen LogP contribution in [0.4, 0.5) is 0 Å². The van der Waals surface area contributed by atoms with Crippen molar-refractivity contribution in [2.45, 2.75) is 41.6 Å². The highest BCUT2D eigenvalue weighted by molar-refractivity contribution is 8.01. The highest BCUT2D eigenvalue weighted by Crippen LogP contribution is 2.36. The monoisotopic (exact) mass is 335 g/mol. The second kappa shape index (κ2) is 5.62. The lowest BCUT2D eigenvalue weighted by Gasteiger charge is -2.42. The van der Waals surface area contributed by atoms with Crippen LogP contribution in [0.15, 0.2) is 40.8 Å². The van der Waals surface area contributed by atoms with E-state index in [1.54, 1.807) is 23.1 Å². The molecule has 0 saturated carbocycles. The molecule has 0 unspecified atom stereocenters. The molecule has 116 valence electrons. The number of aromatic nitrogens is 1. The van der Waals surface area contributed by atoms with E-state index in [-0.39, 0.29) is 17.6 Å². The second-order valence-electron chi connectivity index (χ2n) is 5.79. The summed E-state index contributed by atoms with van der Waals surface area (Å²) >= 11 is 3.33. The Hall–Kier alpha value is -0.920. The summed E-state index contributed by atoms with van der Waals surface area (Å²) in [5.41, 5.74) is 0.994. The molecule has 6 heteroatoms. The van der Waals surface area contributed by atoms with Crippen molar-refractivity contribution in [3.63, 3.8) is 0 Å². The Bertz CT molecular complexity index is 679. The van der Waals surface area contributed by atoms with Crippen molar-refractivity contribution < 1.29 is 14.2 Å². The van der Waals surface area contributed by atoms with E-state index in [0.717, 1.165) is 9.86 Å². The Morgan fingerprint density at radius 3 is 3.00 bits per heavy atom. The van der Waals surface area contributed by atoms with Crippen molar-refractivity contribution in [1.82, 2.24) is 4.98 Å². The number of ether oxygens (including phenoxy) is 3. The van der Waals surface area contributed by atoms with Gasteiger partial charge >= 0.3 is 0 Å². The van der Waals surface area contributed by atoms with Gasteiger partial charge in [0.25, 0.3) is 0 Å². The molecule has 0 radical (unpaired) electrons. The first-order valence-corrected chi connectivity index (χ1v) is 8.96. The fraction of sp³-hybridized carbons (Fsp3) is 0.438. The zero-order valence-electron chi connectivity index (χ0n) is 12.4. The predicted molar refractivity (Wildman–Crippen MR) is 88.2 cm³/mol. The van der Waals surface area contributed by atoms with Gasteiger partial charge in [0.15, 0.2) is 10.1 Å². The van der Waals surface area contributed by atoms with Gasteiger partial charge in [0.2, 0.25) is 0 Å². The molecular weight excluding hydrogens is 318 g/mol. The lowest BCUT2D eigenvalue weighted by atomic mass is 10.1. The van der Waals surface area contributed by atoms with Gasteiger partial charge in [-0.05, 0) is 32.1 Å². The molecule has 1 aromatic carbocycles. The summed E-state index contributed by atoms with van der Waals surface area (Å²) in [6.45, 7) is 4.41. The Morgan fingerprint density at radius 1 is 1.27 bits per heavy atom. The van der Waals surface area contributed by atoms with Crippen LogP contribution in [0.25, 0.3) is 10.2 Å². The largest absolute Gasteiger partial charge is 0.354 e. The average Bonchev–Trinajstić information content (AvgIpc) is 2.89. The highest BCUT2D eigenvalue weighted by atomic mass is 32.2. The van der Waals surface area contributed by atoms with Gasteiger partial charge in [-0.25, -0.2) is 4.98 Å². The van der Waals surface area contributed by atoms with Crippen LogP contribution < -0.4 is 0 Å². The molecule has 0 spiro atoms. The van der Waals surface area contributed by atoms with E-state index in [9.17, 15) is 0 Å². The van der Waals surface area contributed by atoms with Crippen molar-refractivity contribution >= 4 is 33.3 Å². The number of hydrogen-bond donors (Lipinski definition) is 0. The van der Waals surface area contributed by atoms with Crippen molar-refractivity contribution in [2.24, 2.45) is 0 Å². The Morgan fingerprint density at radius 2 is 2.14 bits per heavy atom.